The number of nitrogens with one attached hydrogen (secondary N) is 3. The van der Waals surface area contributed by atoms with Crippen molar-refractivity contribution in [1.82, 2.24) is 10.9 Å². The van der Waals surface area contributed by atoms with Crippen LogP contribution < -0.4 is 20.9 Å². The molecule has 6 heteroatoms. The van der Waals surface area contributed by atoms with E-state index < -0.39 is 6.10 Å². The van der Waals surface area contributed by atoms with Gasteiger partial charge in [-0.05, 0) is 87.3 Å². The minimum absolute atomic E-state index is 0.308. The van der Waals surface area contributed by atoms with Crippen molar-refractivity contribution in [1.29, 1.82) is 0 Å². The second-order valence-corrected chi connectivity index (χ2v) is 6.81. The molecule has 0 saturated carbocycles. The summed E-state index contributed by atoms with van der Waals surface area (Å²) in [6.07, 6.45) is -0.660. The number of amides is 1. The zero-order valence-electron chi connectivity index (χ0n) is 15.8. The van der Waals surface area contributed by atoms with Crippen LogP contribution in [-0.2, 0) is 4.79 Å². The number of carbonyl (C=O) groups is 1. The van der Waals surface area contributed by atoms with Crippen LogP contribution in [0.4, 0.5) is 5.69 Å². The van der Waals surface area contributed by atoms with Gasteiger partial charge in [0.1, 0.15) is 5.75 Å². The third-order valence-electron chi connectivity index (χ3n) is 4.01. The van der Waals surface area contributed by atoms with Gasteiger partial charge in [-0.15, -0.1) is 0 Å². The van der Waals surface area contributed by atoms with E-state index in [1.807, 2.05) is 58.0 Å². The molecule has 0 heterocycles. The molecule has 2 aromatic rings. The standard InChI is InChI=1S/C20H25N3O2S/c1-12-9-13(2)11-17(10-12)21-20(26)23-22-19(24)16(5)25-18-8-6-7-14(3)15(18)4/h6-11,16H,1-5H3,(H,22,24)(H2,21,23,26)/t16-/m0/s1. The summed E-state index contributed by atoms with van der Waals surface area (Å²) < 4.78 is 5.75. The zero-order chi connectivity index (χ0) is 19.3. The van der Waals surface area contributed by atoms with Gasteiger partial charge in [-0.1, -0.05) is 18.2 Å². The van der Waals surface area contributed by atoms with Crippen molar-refractivity contribution in [2.24, 2.45) is 0 Å². The van der Waals surface area contributed by atoms with Gasteiger partial charge in [-0.3, -0.25) is 15.6 Å². The van der Waals surface area contributed by atoms with Gasteiger partial charge in [0.2, 0.25) is 0 Å². The van der Waals surface area contributed by atoms with E-state index in [1.54, 1.807) is 6.92 Å². The van der Waals surface area contributed by atoms with Crippen LogP contribution in [0.1, 0.15) is 29.2 Å². The largest absolute Gasteiger partial charge is 0.481 e. The van der Waals surface area contributed by atoms with Crippen LogP contribution >= 0.6 is 12.2 Å². The first kappa shape index (κ1) is 19.7. The summed E-state index contributed by atoms with van der Waals surface area (Å²) in [5, 5.41) is 3.36. The molecule has 1 amide bonds. The molecule has 2 rings (SSSR count). The van der Waals surface area contributed by atoms with Gasteiger partial charge in [0.15, 0.2) is 11.2 Å². The fourth-order valence-corrected chi connectivity index (χ4v) is 2.69. The van der Waals surface area contributed by atoms with Crippen LogP contribution in [0.15, 0.2) is 36.4 Å². The quantitative estimate of drug-likeness (QED) is 0.565. The Balaban J connectivity index is 1.87. The minimum Gasteiger partial charge on any atom is -0.481 e. The normalized spacial score (nSPS) is 11.4. The van der Waals surface area contributed by atoms with Gasteiger partial charge < -0.3 is 10.1 Å². The van der Waals surface area contributed by atoms with E-state index >= 15 is 0 Å². The van der Waals surface area contributed by atoms with Crippen LogP contribution in [0.3, 0.4) is 0 Å². The van der Waals surface area contributed by atoms with Crippen molar-refractivity contribution in [3.05, 3.63) is 58.7 Å². The van der Waals surface area contributed by atoms with Gasteiger partial charge in [0.05, 0.1) is 0 Å². The molecule has 0 unspecified atom stereocenters. The molecule has 0 spiro atoms. The molecule has 0 aliphatic heterocycles. The summed E-state index contributed by atoms with van der Waals surface area (Å²) in [6.45, 7) is 9.70. The molecule has 0 fully saturated rings. The van der Waals surface area contributed by atoms with Crippen LogP contribution in [0.5, 0.6) is 5.75 Å². The lowest BCUT2D eigenvalue weighted by atomic mass is 10.1. The third-order valence-corrected chi connectivity index (χ3v) is 4.21. The van der Waals surface area contributed by atoms with Crippen molar-refractivity contribution in [2.45, 2.75) is 40.7 Å². The van der Waals surface area contributed by atoms with Gasteiger partial charge in [-0.25, -0.2) is 0 Å². The lowest BCUT2D eigenvalue weighted by Crippen LogP contribution is -2.48. The number of carbonyl (C=O) groups excluding carboxylic acids is 1. The number of hydrazine groups is 1. The van der Waals surface area contributed by atoms with Crippen molar-refractivity contribution >= 4 is 28.9 Å². The maximum atomic E-state index is 12.2. The monoisotopic (exact) mass is 371 g/mol. The molecule has 0 radical (unpaired) electrons. The number of rotatable bonds is 4. The maximum absolute atomic E-state index is 12.2. The third kappa shape index (κ3) is 5.46. The fourth-order valence-electron chi connectivity index (χ4n) is 2.53. The predicted molar refractivity (Wildman–Crippen MR) is 109 cm³/mol. The number of hydrogen-bond acceptors (Lipinski definition) is 3. The average Bonchev–Trinajstić information content (AvgIpc) is 2.55. The molecule has 0 bridgehead atoms. The molecule has 26 heavy (non-hydrogen) atoms. The molecule has 0 aliphatic rings. The molecule has 0 saturated heterocycles. The predicted octanol–water partition coefficient (Wildman–Crippen LogP) is 3.71. The van der Waals surface area contributed by atoms with Crippen LogP contribution in [0.25, 0.3) is 0 Å². The van der Waals surface area contributed by atoms with Gasteiger partial charge in [-0.2, -0.15) is 0 Å². The van der Waals surface area contributed by atoms with E-state index in [1.165, 1.54) is 0 Å². The zero-order valence-corrected chi connectivity index (χ0v) is 16.6. The topological polar surface area (TPSA) is 62.4 Å². The SMILES string of the molecule is Cc1cc(C)cc(NC(=S)NNC(=O)[C@H](C)Oc2cccc(C)c2C)c1. The van der Waals surface area contributed by atoms with E-state index in [4.69, 9.17) is 17.0 Å². The van der Waals surface area contributed by atoms with E-state index in [0.29, 0.717) is 10.9 Å². The first-order chi connectivity index (χ1) is 12.3. The number of aryl methyl sites for hydroxylation is 3. The Morgan fingerprint density at radius 3 is 2.35 bits per heavy atom. The highest BCUT2D eigenvalue weighted by atomic mass is 32.1. The minimum atomic E-state index is -0.660. The molecule has 0 aromatic heterocycles. The van der Waals surface area contributed by atoms with E-state index in [0.717, 1.165) is 27.9 Å². The lowest BCUT2D eigenvalue weighted by molar-refractivity contribution is -0.127. The Labute approximate surface area is 160 Å². The summed E-state index contributed by atoms with van der Waals surface area (Å²) in [6, 6.07) is 11.8. The highest BCUT2D eigenvalue weighted by molar-refractivity contribution is 7.80. The Bertz CT molecular complexity index is 800. The number of ether oxygens (including phenoxy) is 1. The van der Waals surface area contributed by atoms with E-state index in [-0.39, 0.29) is 5.91 Å². The number of thiocarbonyl (C=S) groups is 1. The number of hydrogen-bond donors (Lipinski definition) is 3. The smallest absolute Gasteiger partial charge is 0.279 e. The van der Waals surface area contributed by atoms with Crippen molar-refractivity contribution in [3.63, 3.8) is 0 Å². The first-order valence-corrected chi connectivity index (χ1v) is 8.85. The van der Waals surface area contributed by atoms with Crippen LogP contribution in [0, 0.1) is 27.7 Å². The van der Waals surface area contributed by atoms with Gasteiger partial charge in [0, 0.05) is 5.69 Å². The summed E-state index contributed by atoms with van der Waals surface area (Å²) in [4.78, 5) is 12.2. The molecule has 0 aliphatic carbocycles. The average molecular weight is 372 g/mol. The molecular weight excluding hydrogens is 346 g/mol. The molecule has 138 valence electrons. The van der Waals surface area contributed by atoms with Crippen molar-refractivity contribution < 1.29 is 9.53 Å². The maximum Gasteiger partial charge on any atom is 0.279 e. The second-order valence-electron chi connectivity index (χ2n) is 6.40. The highest BCUT2D eigenvalue weighted by Gasteiger charge is 2.16. The molecule has 1 atom stereocenters. The van der Waals surface area contributed by atoms with Crippen LogP contribution in [-0.4, -0.2) is 17.1 Å². The lowest BCUT2D eigenvalue weighted by Gasteiger charge is -2.18. The van der Waals surface area contributed by atoms with Crippen molar-refractivity contribution in [3.8, 4) is 5.75 Å². The Kier molecular flexibility index (Phi) is 6.58. The Hall–Kier alpha value is -2.60. The summed E-state index contributed by atoms with van der Waals surface area (Å²) in [5.74, 6) is 0.388. The Morgan fingerprint density at radius 2 is 1.69 bits per heavy atom. The number of anilines is 1. The molecule has 3 N–H and O–H groups in total. The van der Waals surface area contributed by atoms with E-state index in [2.05, 4.69) is 22.2 Å². The number of benzene rings is 2. The van der Waals surface area contributed by atoms with Gasteiger partial charge >= 0.3 is 0 Å². The second kappa shape index (κ2) is 8.67. The fraction of sp³-hybridized carbons (Fsp3) is 0.300. The highest BCUT2D eigenvalue weighted by Crippen LogP contribution is 2.21. The Morgan fingerprint density at radius 1 is 1.04 bits per heavy atom. The first-order valence-electron chi connectivity index (χ1n) is 8.44. The summed E-state index contributed by atoms with van der Waals surface area (Å²) >= 11 is 5.22. The molecule has 2 aromatic carbocycles. The molecule has 5 nitrogen and oxygen atoms in total. The molecular formula is C20H25N3O2S. The van der Waals surface area contributed by atoms with Crippen molar-refractivity contribution in [2.75, 3.05) is 5.32 Å². The van der Waals surface area contributed by atoms with E-state index in [9.17, 15) is 4.79 Å². The summed E-state index contributed by atoms with van der Waals surface area (Å²) in [5.41, 5.74) is 10.5. The van der Waals surface area contributed by atoms with Gasteiger partial charge in [0.25, 0.3) is 5.91 Å². The van der Waals surface area contributed by atoms with Crippen LogP contribution in [0.2, 0.25) is 0 Å². The summed E-state index contributed by atoms with van der Waals surface area (Å²) in [7, 11) is 0.